The summed E-state index contributed by atoms with van der Waals surface area (Å²) in [5, 5.41) is 15.7. The first-order valence-corrected chi connectivity index (χ1v) is 17.7. The van der Waals surface area contributed by atoms with E-state index in [0.29, 0.717) is 12.8 Å². The SMILES string of the molecule is Cc1cc(O)cc(C)c1C[C@H](CC(=O)OC(C)(C)C)C(=O)N[C@@H](CCCCNC(=O)OCc1ccccc1)C(=O)CC(Cc1ccccc1)C(N)=O. The number of phenols is 1. The number of Topliss-reactive ketones (excluding diaryl/α,β-unsaturated/α-hetero) is 1. The number of nitrogens with one attached hydrogen (secondary N) is 2. The van der Waals surface area contributed by atoms with Crippen molar-refractivity contribution in [3.8, 4) is 5.75 Å². The van der Waals surface area contributed by atoms with Crippen molar-refractivity contribution in [2.45, 2.75) is 97.8 Å². The Hall–Kier alpha value is -5.19. The van der Waals surface area contributed by atoms with E-state index in [4.69, 9.17) is 15.2 Å². The number of phenolic OH excluding ortho intramolecular Hbond substituents is 1. The molecule has 0 saturated carbocycles. The number of rotatable bonds is 19. The average Bonchev–Trinajstić information content (AvgIpc) is 3.07. The lowest BCUT2D eigenvalue weighted by Crippen LogP contribution is -2.46. The molecule has 0 aromatic heterocycles. The molecule has 3 rings (SSSR count). The minimum Gasteiger partial charge on any atom is -0.508 e. The third-order valence-corrected chi connectivity index (χ3v) is 8.62. The smallest absolute Gasteiger partial charge is 0.407 e. The van der Waals surface area contributed by atoms with Gasteiger partial charge in [0.2, 0.25) is 11.8 Å². The Bertz CT molecular complexity index is 1630. The summed E-state index contributed by atoms with van der Waals surface area (Å²) in [7, 11) is 0. The van der Waals surface area contributed by atoms with Crippen molar-refractivity contribution in [2.75, 3.05) is 6.54 Å². The fourth-order valence-electron chi connectivity index (χ4n) is 5.98. The highest BCUT2D eigenvalue weighted by molar-refractivity contribution is 5.93. The molecule has 0 radical (unpaired) electrons. The molecule has 1 unspecified atom stereocenters. The Morgan fingerprint density at radius 3 is 1.98 bits per heavy atom. The van der Waals surface area contributed by atoms with Crippen LogP contribution in [-0.2, 0) is 48.1 Å². The van der Waals surface area contributed by atoms with Crippen LogP contribution < -0.4 is 16.4 Å². The van der Waals surface area contributed by atoms with E-state index in [1.54, 1.807) is 32.9 Å². The van der Waals surface area contributed by atoms with Crippen molar-refractivity contribution >= 4 is 29.7 Å². The second-order valence-corrected chi connectivity index (χ2v) is 14.3. The lowest BCUT2D eigenvalue weighted by atomic mass is 9.88. The van der Waals surface area contributed by atoms with Crippen LogP contribution in [0.4, 0.5) is 4.79 Å². The highest BCUT2D eigenvalue weighted by Gasteiger charge is 2.31. The highest BCUT2D eigenvalue weighted by atomic mass is 16.6. The summed E-state index contributed by atoms with van der Waals surface area (Å²) < 4.78 is 10.8. The fraction of sp³-hybridized carbons (Fsp3) is 0.439. The number of ketones is 1. The van der Waals surface area contributed by atoms with Crippen LogP contribution in [0.25, 0.3) is 0 Å². The summed E-state index contributed by atoms with van der Waals surface area (Å²) in [6.07, 6.45) is 0.579. The molecular weight excluding hydrogens is 662 g/mol. The second-order valence-electron chi connectivity index (χ2n) is 14.3. The number of carbonyl (C=O) groups is 5. The maximum absolute atomic E-state index is 14.0. The van der Waals surface area contributed by atoms with Crippen molar-refractivity contribution in [1.82, 2.24) is 10.6 Å². The van der Waals surface area contributed by atoms with E-state index in [2.05, 4.69) is 10.6 Å². The molecule has 0 aliphatic carbocycles. The molecule has 0 aliphatic rings. The van der Waals surface area contributed by atoms with Gasteiger partial charge in [-0.05, 0) is 107 Å². The Labute approximate surface area is 306 Å². The van der Waals surface area contributed by atoms with Gasteiger partial charge in [-0.1, -0.05) is 60.7 Å². The van der Waals surface area contributed by atoms with Crippen LogP contribution in [0, 0.1) is 25.7 Å². The molecule has 52 heavy (non-hydrogen) atoms. The normalized spacial score (nSPS) is 12.9. The van der Waals surface area contributed by atoms with Gasteiger partial charge in [0.05, 0.1) is 18.4 Å². The van der Waals surface area contributed by atoms with E-state index >= 15 is 0 Å². The first-order valence-electron chi connectivity index (χ1n) is 17.7. The van der Waals surface area contributed by atoms with Crippen molar-refractivity contribution in [3.05, 3.63) is 101 Å². The van der Waals surface area contributed by atoms with Crippen molar-refractivity contribution in [3.63, 3.8) is 0 Å². The molecule has 0 heterocycles. The van der Waals surface area contributed by atoms with E-state index in [-0.39, 0.29) is 56.8 Å². The van der Waals surface area contributed by atoms with Crippen molar-refractivity contribution in [1.29, 1.82) is 0 Å². The number of primary amides is 1. The summed E-state index contributed by atoms with van der Waals surface area (Å²) >= 11 is 0. The molecule has 0 saturated heterocycles. The number of alkyl carbamates (subject to hydrolysis) is 1. The topological polar surface area (TPSA) is 174 Å². The molecule has 3 aromatic carbocycles. The number of hydrogen-bond donors (Lipinski definition) is 4. The summed E-state index contributed by atoms with van der Waals surface area (Å²) in [6.45, 7) is 9.27. The van der Waals surface area contributed by atoms with E-state index in [1.165, 1.54) is 0 Å². The number of benzene rings is 3. The van der Waals surface area contributed by atoms with E-state index < -0.39 is 47.4 Å². The molecule has 11 heteroatoms. The molecule has 280 valence electrons. The third kappa shape index (κ3) is 14.6. The van der Waals surface area contributed by atoms with Crippen molar-refractivity contribution in [2.24, 2.45) is 17.6 Å². The largest absolute Gasteiger partial charge is 0.508 e. The minimum atomic E-state index is -0.988. The van der Waals surface area contributed by atoms with Gasteiger partial charge >= 0.3 is 12.1 Å². The molecule has 3 aromatic rings. The summed E-state index contributed by atoms with van der Waals surface area (Å²) in [4.78, 5) is 65.7. The zero-order valence-corrected chi connectivity index (χ0v) is 30.9. The fourth-order valence-corrected chi connectivity index (χ4v) is 5.98. The van der Waals surface area contributed by atoms with Crippen LogP contribution in [0.1, 0.15) is 80.7 Å². The van der Waals surface area contributed by atoms with Crippen LogP contribution in [0.3, 0.4) is 0 Å². The lowest BCUT2D eigenvalue weighted by molar-refractivity contribution is -0.157. The van der Waals surface area contributed by atoms with Gasteiger partial charge in [-0.15, -0.1) is 0 Å². The predicted molar refractivity (Wildman–Crippen MR) is 198 cm³/mol. The molecule has 0 bridgehead atoms. The Morgan fingerprint density at radius 1 is 0.808 bits per heavy atom. The second kappa shape index (κ2) is 20.0. The van der Waals surface area contributed by atoms with Gasteiger partial charge in [0.25, 0.3) is 0 Å². The maximum Gasteiger partial charge on any atom is 0.407 e. The van der Waals surface area contributed by atoms with E-state index in [1.807, 2.05) is 74.5 Å². The average molecular weight is 716 g/mol. The Morgan fingerprint density at radius 2 is 1.40 bits per heavy atom. The predicted octanol–water partition coefficient (Wildman–Crippen LogP) is 5.78. The van der Waals surface area contributed by atoms with Crippen molar-refractivity contribution < 1.29 is 38.6 Å². The Kier molecular flexibility index (Phi) is 15.9. The quantitative estimate of drug-likeness (QED) is 0.0892. The molecule has 0 spiro atoms. The first-order chi connectivity index (χ1) is 24.6. The number of hydrogen-bond acceptors (Lipinski definition) is 8. The molecule has 3 amide bonds. The van der Waals surface area contributed by atoms with Gasteiger partial charge in [-0.3, -0.25) is 19.2 Å². The summed E-state index contributed by atoms with van der Waals surface area (Å²) in [5.74, 6) is -3.67. The van der Waals surface area contributed by atoms with Crippen LogP contribution in [0.15, 0.2) is 72.8 Å². The van der Waals surface area contributed by atoms with Gasteiger partial charge in [-0.2, -0.15) is 0 Å². The number of nitrogens with two attached hydrogens (primary N) is 1. The van der Waals surface area contributed by atoms with E-state index in [9.17, 15) is 29.1 Å². The molecule has 5 N–H and O–H groups in total. The number of carbonyl (C=O) groups excluding carboxylic acids is 5. The lowest BCUT2D eigenvalue weighted by Gasteiger charge is -2.25. The first kappa shape index (κ1) is 41.2. The number of ether oxygens (including phenoxy) is 2. The minimum absolute atomic E-state index is 0.0935. The van der Waals surface area contributed by atoms with Gasteiger partial charge in [0.1, 0.15) is 18.0 Å². The standard InChI is InChI=1S/C41H53N3O8/c1-27-20-33(45)21-28(2)34(27)23-32(25-37(47)52-41(3,4)5)39(49)44-35(36(46)24-31(38(42)48)22-29-14-8-6-9-15-29)18-12-13-19-43-40(50)51-26-30-16-10-7-11-17-30/h6-11,14-17,20-21,31-32,35,45H,12-13,18-19,22-26H2,1-5H3,(H2,42,48)(H,43,50)(H,44,49)/t31?,32-,35+/m1/s1. The zero-order chi connectivity index (χ0) is 38.3. The number of amides is 3. The van der Waals surface area contributed by atoms with Gasteiger partial charge in [0, 0.05) is 18.9 Å². The molecule has 3 atom stereocenters. The van der Waals surface area contributed by atoms with Crippen LogP contribution in [0.5, 0.6) is 5.75 Å². The van der Waals surface area contributed by atoms with Gasteiger partial charge in [0.15, 0.2) is 5.78 Å². The number of aromatic hydroxyl groups is 1. The summed E-state index contributed by atoms with van der Waals surface area (Å²) in [5.41, 5.74) is 8.99. The maximum atomic E-state index is 14.0. The summed E-state index contributed by atoms with van der Waals surface area (Å²) in [6, 6.07) is 20.7. The molecule has 11 nitrogen and oxygen atoms in total. The van der Waals surface area contributed by atoms with Crippen LogP contribution >= 0.6 is 0 Å². The number of aryl methyl sites for hydroxylation is 2. The highest BCUT2D eigenvalue weighted by Crippen LogP contribution is 2.26. The van der Waals surface area contributed by atoms with Crippen LogP contribution in [-0.4, -0.2) is 53.0 Å². The van der Waals surface area contributed by atoms with Gasteiger partial charge in [-0.25, -0.2) is 4.79 Å². The number of esters is 1. The molecular formula is C41H53N3O8. The van der Waals surface area contributed by atoms with Crippen LogP contribution in [0.2, 0.25) is 0 Å². The monoisotopic (exact) mass is 715 g/mol. The Balaban J connectivity index is 1.76. The van der Waals surface area contributed by atoms with E-state index in [0.717, 1.165) is 27.8 Å². The number of unbranched alkanes of at least 4 members (excludes halogenated alkanes) is 1. The van der Waals surface area contributed by atoms with Gasteiger partial charge < -0.3 is 30.9 Å². The molecule has 0 fully saturated rings. The zero-order valence-electron chi connectivity index (χ0n) is 30.9. The third-order valence-electron chi connectivity index (χ3n) is 8.62. The molecule has 0 aliphatic heterocycles.